The highest BCUT2D eigenvalue weighted by Crippen LogP contribution is 2.27. The SMILES string of the molecule is CC(C)CN(C)C(=O)c1cc(Br)cc(S(=O)(=O)Cl)c1F. The molecule has 0 saturated carbocycles. The Bertz CT molecular complexity index is 634. The van der Waals surface area contributed by atoms with Crippen molar-refractivity contribution in [3.8, 4) is 0 Å². The molecule has 1 rings (SSSR count). The third kappa shape index (κ3) is 4.17. The second-order valence-electron chi connectivity index (χ2n) is 4.78. The van der Waals surface area contributed by atoms with Gasteiger partial charge in [-0.25, -0.2) is 12.8 Å². The molecule has 0 bridgehead atoms. The van der Waals surface area contributed by atoms with Gasteiger partial charge in [0.2, 0.25) is 0 Å². The number of benzene rings is 1. The molecule has 1 amide bonds. The van der Waals surface area contributed by atoms with E-state index in [1.54, 1.807) is 0 Å². The molecule has 0 saturated heterocycles. The van der Waals surface area contributed by atoms with Crippen LogP contribution in [0.3, 0.4) is 0 Å². The summed E-state index contributed by atoms with van der Waals surface area (Å²) in [6.07, 6.45) is 0. The molecule has 0 radical (unpaired) electrons. The molecule has 1 aromatic rings. The second kappa shape index (κ2) is 6.41. The summed E-state index contributed by atoms with van der Waals surface area (Å²) < 4.78 is 37.0. The number of amides is 1. The van der Waals surface area contributed by atoms with E-state index in [0.717, 1.165) is 6.07 Å². The number of carbonyl (C=O) groups is 1. The van der Waals surface area contributed by atoms with Crippen LogP contribution in [-0.2, 0) is 9.05 Å². The van der Waals surface area contributed by atoms with Crippen molar-refractivity contribution in [1.29, 1.82) is 0 Å². The Labute approximate surface area is 130 Å². The van der Waals surface area contributed by atoms with Crippen molar-refractivity contribution in [2.75, 3.05) is 13.6 Å². The summed E-state index contributed by atoms with van der Waals surface area (Å²) >= 11 is 3.05. The molecule has 0 fully saturated rings. The zero-order chi connectivity index (χ0) is 15.7. The van der Waals surface area contributed by atoms with Gasteiger partial charge in [-0.05, 0) is 18.1 Å². The van der Waals surface area contributed by atoms with Crippen LogP contribution in [0.5, 0.6) is 0 Å². The average molecular weight is 387 g/mol. The fourth-order valence-electron chi connectivity index (χ4n) is 1.73. The number of nitrogens with zero attached hydrogens (tertiary/aromatic N) is 1. The molecule has 0 unspecified atom stereocenters. The maximum Gasteiger partial charge on any atom is 0.264 e. The summed E-state index contributed by atoms with van der Waals surface area (Å²) in [6.45, 7) is 4.25. The Kier molecular flexibility index (Phi) is 5.57. The molecule has 0 aliphatic rings. The van der Waals surface area contributed by atoms with Gasteiger partial charge in [-0.2, -0.15) is 0 Å². The first-order valence-corrected chi connectivity index (χ1v) is 8.83. The van der Waals surface area contributed by atoms with Gasteiger partial charge in [0.05, 0.1) is 5.56 Å². The van der Waals surface area contributed by atoms with Crippen LogP contribution in [-0.4, -0.2) is 32.8 Å². The van der Waals surface area contributed by atoms with Crippen molar-refractivity contribution in [3.63, 3.8) is 0 Å². The van der Waals surface area contributed by atoms with Crippen molar-refractivity contribution < 1.29 is 17.6 Å². The third-order valence-corrected chi connectivity index (χ3v) is 4.26. The first-order chi connectivity index (χ1) is 9.04. The van der Waals surface area contributed by atoms with Crippen molar-refractivity contribution >= 4 is 41.6 Å². The maximum atomic E-state index is 14.2. The van der Waals surface area contributed by atoms with Crippen LogP contribution in [0, 0.1) is 11.7 Å². The van der Waals surface area contributed by atoms with Gasteiger partial charge < -0.3 is 4.90 Å². The fraction of sp³-hybridized carbons (Fsp3) is 0.417. The van der Waals surface area contributed by atoms with E-state index >= 15 is 0 Å². The standard InChI is InChI=1S/C12H14BrClFNO3S/c1-7(2)6-16(3)12(17)9-4-8(13)5-10(11(9)15)20(14,18)19/h4-5,7H,6H2,1-3H3. The monoisotopic (exact) mass is 385 g/mol. The largest absolute Gasteiger partial charge is 0.341 e. The predicted octanol–water partition coefficient (Wildman–Crippen LogP) is 3.24. The Morgan fingerprint density at radius 1 is 1.45 bits per heavy atom. The Morgan fingerprint density at radius 2 is 2.00 bits per heavy atom. The van der Waals surface area contributed by atoms with Gasteiger partial charge in [0.1, 0.15) is 4.90 Å². The molecule has 0 N–H and O–H groups in total. The first kappa shape index (κ1) is 17.4. The summed E-state index contributed by atoms with van der Waals surface area (Å²) in [5.41, 5.74) is -0.332. The average Bonchev–Trinajstić information content (AvgIpc) is 2.28. The number of hydrogen-bond donors (Lipinski definition) is 0. The van der Waals surface area contributed by atoms with Gasteiger partial charge in [0, 0.05) is 28.7 Å². The molecule has 1 aromatic carbocycles. The minimum Gasteiger partial charge on any atom is -0.341 e. The van der Waals surface area contributed by atoms with Gasteiger partial charge in [0.25, 0.3) is 15.0 Å². The van der Waals surface area contributed by atoms with E-state index in [-0.39, 0.29) is 16.0 Å². The topological polar surface area (TPSA) is 54.5 Å². The fourth-order valence-corrected chi connectivity index (χ4v) is 3.27. The van der Waals surface area contributed by atoms with Crippen LogP contribution in [0.15, 0.2) is 21.5 Å². The summed E-state index contributed by atoms with van der Waals surface area (Å²) in [5.74, 6) is -1.53. The lowest BCUT2D eigenvalue weighted by Crippen LogP contribution is -2.31. The van der Waals surface area contributed by atoms with Crippen LogP contribution in [0.4, 0.5) is 4.39 Å². The summed E-state index contributed by atoms with van der Waals surface area (Å²) in [4.78, 5) is 12.8. The van der Waals surface area contributed by atoms with Crippen LogP contribution in [0.25, 0.3) is 0 Å². The maximum absolute atomic E-state index is 14.2. The first-order valence-electron chi connectivity index (χ1n) is 5.73. The lowest BCUT2D eigenvalue weighted by molar-refractivity contribution is 0.0774. The molecule has 0 heterocycles. The van der Waals surface area contributed by atoms with E-state index in [1.165, 1.54) is 18.0 Å². The molecule has 112 valence electrons. The zero-order valence-corrected chi connectivity index (χ0v) is 14.3. The molecule has 0 atom stereocenters. The van der Waals surface area contributed by atoms with Crippen molar-refractivity contribution in [2.45, 2.75) is 18.7 Å². The van der Waals surface area contributed by atoms with E-state index in [2.05, 4.69) is 15.9 Å². The van der Waals surface area contributed by atoms with Crippen LogP contribution in [0.1, 0.15) is 24.2 Å². The minimum absolute atomic E-state index is 0.204. The molecule has 20 heavy (non-hydrogen) atoms. The highest BCUT2D eigenvalue weighted by molar-refractivity contribution is 9.10. The quantitative estimate of drug-likeness (QED) is 0.747. The molecule has 8 heteroatoms. The van der Waals surface area contributed by atoms with Gasteiger partial charge >= 0.3 is 0 Å². The zero-order valence-electron chi connectivity index (χ0n) is 11.2. The van der Waals surface area contributed by atoms with Crippen molar-refractivity contribution in [3.05, 3.63) is 28.0 Å². The minimum atomic E-state index is -4.26. The van der Waals surface area contributed by atoms with E-state index in [0.29, 0.717) is 6.54 Å². The van der Waals surface area contributed by atoms with Crippen molar-refractivity contribution in [1.82, 2.24) is 4.90 Å². The molecule has 4 nitrogen and oxygen atoms in total. The highest BCUT2D eigenvalue weighted by atomic mass is 79.9. The molecular weight excluding hydrogens is 373 g/mol. The van der Waals surface area contributed by atoms with E-state index in [4.69, 9.17) is 10.7 Å². The number of carbonyl (C=O) groups excluding carboxylic acids is 1. The number of hydrogen-bond acceptors (Lipinski definition) is 3. The summed E-state index contributed by atoms with van der Waals surface area (Å²) in [6, 6.07) is 2.26. The molecular formula is C12H14BrClFNO3S. The van der Waals surface area contributed by atoms with Gasteiger partial charge in [-0.3, -0.25) is 4.79 Å². The molecule has 0 aromatic heterocycles. The third-order valence-electron chi connectivity index (χ3n) is 2.48. The summed E-state index contributed by atoms with van der Waals surface area (Å²) in [7, 11) is 2.42. The van der Waals surface area contributed by atoms with E-state index < -0.39 is 25.7 Å². The molecule has 0 aliphatic carbocycles. The normalized spacial score (nSPS) is 11.8. The summed E-state index contributed by atoms with van der Waals surface area (Å²) in [5, 5.41) is 0. The van der Waals surface area contributed by atoms with Gasteiger partial charge in [-0.1, -0.05) is 29.8 Å². The Hall–Kier alpha value is -0.660. The van der Waals surface area contributed by atoms with Gasteiger partial charge in [0.15, 0.2) is 5.82 Å². The number of halogens is 3. The van der Waals surface area contributed by atoms with Crippen LogP contribution < -0.4 is 0 Å². The second-order valence-corrected chi connectivity index (χ2v) is 8.23. The predicted molar refractivity (Wildman–Crippen MR) is 78.9 cm³/mol. The highest BCUT2D eigenvalue weighted by Gasteiger charge is 2.25. The Morgan fingerprint density at radius 3 is 2.45 bits per heavy atom. The van der Waals surface area contributed by atoms with E-state index in [1.807, 2.05) is 13.8 Å². The molecule has 0 aliphatic heterocycles. The van der Waals surface area contributed by atoms with Crippen LogP contribution in [0.2, 0.25) is 0 Å². The van der Waals surface area contributed by atoms with Crippen molar-refractivity contribution in [2.24, 2.45) is 5.92 Å². The molecule has 0 spiro atoms. The smallest absolute Gasteiger partial charge is 0.264 e. The van der Waals surface area contributed by atoms with E-state index in [9.17, 15) is 17.6 Å². The number of rotatable bonds is 4. The lowest BCUT2D eigenvalue weighted by atomic mass is 10.1. The van der Waals surface area contributed by atoms with Gasteiger partial charge in [-0.15, -0.1) is 0 Å². The Balaban J connectivity index is 3.33. The van der Waals surface area contributed by atoms with Crippen LogP contribution >= 0.6 is 26.6 Å². The lowest BCUT2D eigenvalue weighted by Gasteiger charge is -2.20.